The lowest BCUT2D eigenvalue weighted by atomic mass is 10.0. The Labute approximate surface area is 116 Å². The minimum atomic E-state index is 0.00793. The first kappa shape index (κ1) is 14.1. The van der Waals surface area contributed by atoms with E-state index in [4.69, 9.17) is 0 Å². The van der Waals surface area contributed by atoms with Crippen LogP contribution >= 0.6 is 0 Å². The number of amides is 1. The summed E-state index contributed by atoms with van der Waals surface area (Å²) in [5, 5.41) is 3.42. The van der Waals surface area contributed by atoms with Crippen LogP contribution in [0.15, 0.2) is 30.3 Å². The van der Waals surface area contributed by atoms with Crippen molar-refractivity contribution in [3.63, 3.8) is 0 Å². The number of hydrogen-bond acceptors (Lipinski definition) is 2. The van der Waals surface area contributed by atoms with Gasteiger partial charge < -0.3 is 10.2 Å². The van der Waals surface area contributed by atoms with E-state index < -0.39 is 0 Å². The summed E-state index contributed by atoms with van der Waals surface area (Å²) in [4.78, 5) is 14.1. The van der Waals surface area contributed by atoms with Gasteiger partial charge in [-0.1, -0.05) is 37.3 Å². The molecule has 1 fully saturated rings. The molecular formula is C16H24N2O. The van der Waals surface area contributed by atoms with E-state index in [1.54, 1.807) is 0 Å². The van der Waals surface area contributed by atoms with Crippen molar-refractivity contribution in [2.75, 3.05) is 13.1 Å². The van der Waals surface area contributed by atoms with Crippen LogP contribution in [0, 0.1) is 0 Å². The largest absolute Gasteiger partial charge is 0.339 e. The van der Waals surface area contributed by atoms with Crippen molar-refractivity contribution in [1.82, 2.24) is 10.2 Å². The number of benzene rings is 1. The Hall–Kier alpha value is -1.35. The molecule has 1 aromatic carbocycles. The van der Waals surface area contributed by atoms with Crippen molar-refractivity contribution >= 4 is 5.91 Å². The molecule has 0 radical (unpaired) electrons. The number of hydrogen-bond donors (Lipinski definition) is 1. The summed E-state index contributed by atoms with van der Waals surface area (Å²) in [6.07, 6.45) is 0.929. The minimum Gasteiger partial charge on any atom is -0.339 e. The molecule has 3 nitrogen and oxygen atoms in total. The third kappa shape index (κ3) is 3.35. The van der Waals surface area contributed by atoms with E-state index in [0.29, 0.717) is 12.0 Å². The summed E-state index contributed by atoms with van der Waals surface area (Å²) < 4.78 is 0. The summed E-state index contributed by atoms with van der Waals surface area (Å²) in [5.41, 5.74) is 1.32. The van der Waals surface area contributed by atoms with E-state index in [-0.39, 0.29) is 11.9 Å². The SMILES string of the molecule is CC(CNC1CCN(C(C)C)C1=O)c1ccccc1. The smallest absolute Gasteiger partial charge is 0.240 e. The number of rotatable bonds is 5. The van der Waals surface area contributed by atoms with Crippen LogP contribution in [0.3, 0.4) is 0 Å². The molecular weight excluding hydrogens is 236 g/mol. The van der Waals surface area contributed by atoms with E-state index in [1.807, 2.05) is 11.0 Å². The molecule has 1 heterocycles. The highest BCUT2D eigenvalue weighted by Gasteiger charge is 2.32. The lowest BCUT2D eigenvalue weighted by molar-refractivity contribution is -0.130. The van der Waals surface area contributed by atoms with Gasteiger partial charge in [0.1, 0.15) is 0 Å². The lowest BCUT2D eigenvalue weighted by Crippen LogP contribution is -2.41. The van der Waals surface area contributed by atoms with Crippen molar-refractivity contribution < 1.29 is 4.79 Å². The maximum atomic E-state index is 12.2. The first-order valence-electron chi connectivity index (χ1n) is 7.18. The van der Waals surface area contributed by atoms with Crippen LogP contribution in [-0.2, 0) is 4.79 Å². The quantitative estimate of drug-likeness (QED) is 0.881. The molecule has 1 aromatic rings. The molecule has 0 bridgehead atoms. The van der Waals surface area contributed by atoms with E-state index in [0.717, 1.165) is 19.5 Å². The van der Waals surface area contributed by atoms with Crippen molar-refractivity contribution in [1.29, 1.82) is 0 Å². The van der Waals surface area contributed by atoms with Gasteiger partial charge >= 0.3 is 0 Å². The van der Waals surface area contributed by atoms with Crippen LogP contribution in [-0.4, -0.2) is 36.0 Å². The predicted molar refractivity (Wildman–Crippen MR) is 78.1 cm³/mol. The Morgan fingerprint density at radius 1 is 1.26 bits per heavy atom. The van der Waals surface area contributed by atoms with Crippen LogP contribution in [0.5, 0.6) is 0 Å². The van der Waals surface area contributed by atoms with Crippen molar-refractivity contribution in [2.24, 2.45) is 0 Å². The Kier molecular flexibility index (Phi) is 4.59. The highest BCUT2D eigenvalue weighted by molar-refractivity contribution is 5.84. The summed E-state index contributed by atoms with van der Waals surface area (Å²) >= 11 is 0. The van der Waals surface area contributed by atoms with Gasteiger partial charge in [0.15, 0.2) is 0 Å². The molecule has 1 aliphatic heterocycles. The molecule has 2 atom stereocenters. The Bertz CT molecular complexity index is 416. The topological polar surface area (TPSA) is 32.3 Å². The van der Waals surface area contributed by atoms with Gasteiger partial charge in [-0.05, 0) is 31.7 Å². The highest BCUT2D eigenvalue weighted by Crippen LogP contribution is 2.17. The van der Waals surface area contributed by atoms with Gasteiger partial charge in [0.05, 0.1) is 6.04 Å². The molecule has 0 aliphatic carbocycles. The molecule has 19 heavy (non-hydrogen) atoms. The van der Waals surface area contributed by atoms with Gasteiger partial charge in [0, 0.05) is 19.1 Å². The molecule has 1 N–H and O–H groups in total. The molecule has 0 saturated carbocycles. The molecule has 1 amide bonds. The average molecular weight is 260 g/mol. The third-order valence-electron chi connectivity index (χ3n) is 3.90. The normalized spacial score (nSPS) is 21.2. The van der Waals surface area contributed by atoms with Crippen LogP contribution in [0.1, 0.15) is 38.7 Å². The second-order valence-electron chi connectivity index (χ2n) is 5.69. The molecule has 2 unspecified atom stereocenters. The molecule has 3 heteroatoms. The van der Waals surface area contributed by atoms with Gasteiger partial charge in [-0.3, -0.25) is 4.79 Å². The molecule has 1 saturated heterocycles. The van der Waals surface area contributed by atoms with E-state index in [9.17, 15) is 4.79 Å². The maximum Gasteiger partial charge on any atom is 0.240 e. The van der Waals surface area contributed by atoms with E-state index in [2.05, 4.69) is 50.4 Å². The number of likely N-dealkylation sites (tertiary alicyclic amines) is 1. The van der Waals surface area contributed by atoms with Crippen molar-refractivity contribution in [3.8, 4) is 0 Å². The average Bonchev–Trinajstić information content (AvgIpc) is 2.78. The predicted octanol–water partition coefficient (Wildman–Crippen LogP) is 2.39. The van der Waals surface area contributed by atoms with Crippen LogP contribution < -0.4 is 5.32 Å². The standard InChI is InChI=1S/C16H24N2O/c1-12(2)18-10-9-15(16(18)19)17-11-13(3)14-7-5-4-6-8-14/h4-8,12-13,15,17H,9-11H2,1-3H3. The molecule has 2 rings (SSSR count). The summed E-state index contributed by atoms with van der Waals surface area (Å²) in [6.45, 7) is 8.09. The Balaban J connectivity index is 1.85. The highest BCUT2D eigenvalue weighted by atomic mass is 16.2. The summed E-state index contributed by atoms with van der Waals surface area (Å²) in [7, 11) is 0. The fraction of sp³-hybridized carbons (Fsp3) is 0.562. The summed E-state index contributed by atoms with van der Waals surface area (Å²) in [6, 6.07) is 10.8. The zero-order chi connectivity index (χ0) is 13.8. The van der Waals surface area contributed by atoms with Gasteiger partial charge in [-0.2, -0.15) is 0 Å². The van der Waals surface area contributed by atoms with Crippen LogP contribution in [0.2, 0.25) is 0 Å². The molecule has 1 aliphatic rings. The van der Waals surface area contributed by atoms with E-state index in [1.165, 1.54) is 5.56 Å². The number of nitrogens with zero attached hydrogens (tertiary/aromatic N) is 1. The van der Waals surface area contributed by atoms with Gasteiger partial charge in [0.2, 0.25) is 5.91 Å². The van der Waals surface area contributed by atoms with Crippen molar-refractivity contribution in [2.45, 2.75) is 45.2 Å². The second-order valence-corrected chi connectivity index (χ2v) is 5.69. The fourth-order valence-electron chi connectivity index (χ4n) is 2.62. The van der Waals surface area contributed by atoms with Gasteiger partial charge in [0.25, 0.3) is 0 Å². The molecule has 0 aromatic heterocycles. The first-order chi connectivity index (χ1) is 9.09. The number of nitrogens with one attached hydrogen (secondary N) is 1. The first-order valence-corrected chi connectivity index (χ1v) is 7.18. The zero-order valence-electron chi connectivity index (χ0n) is 12.1. The Morgan fingerprint density at radius 2 is 1.95 bits per heavy atom. The third-order valence-corrected chi connectivity index (χ3v) is 3.90. The maximum absolute atomic E-state index is 12.2. The van der Waals surface area contributed by atoms with E-state index >= 15 is 0 Å². The Morgan fingerprint density at radius 3 is 2.53 bits per heavy atom. The van der Waals surface area contributed by atoms with Crippen molar-refractivity contribution in [3.05, 3.63) is 35.9 Å². The molecule has 104 valence electrons. The summed E-state index contributed by atoms with van der Waals surface area (Å²) in [5.74, 6) is 0.692. The fourth-order valence-corrected chi connectivity index (χ4v) is 2.62. The van der Waals surface area contributed by atoms with Crippen LogP contribution in [0.25, 0.3) is 0 Å². The van der Waals surface area contributed by atoms with Gasteiger partial charge in [-0.15, -0.1) is 0 Å². The second kappa shape index (κ2) is 6.20. The van der Waals surface area contributed by atoms with Gasteiger partial charge in [-0.25, -0.2) is 0 Å². The number of carbonyl (C=O) groups is 1. The lowest BCUT2D eigenvalue weighted by Gasteiger charge is -2.22. The number of carbonyl (C=O) groups excluding carboxylic acids is 1. The zero-order valence-corrected chi connectivity index (χ0v) is 12.1. The monoisotopic (exact) mass is 260 g/mol. The minimum absolute atomic E-state index is 0.00793. The van der Waals surface area contributed by atoms with Crippen LogP contribution in [0.4, 0.5) is 0 Å². The molecule has 0 spiro atoms.